The molecule has 2 rings (SSSR count). The molecule has 1 aromatic rings. The predicted octanol–water partition coefficient (Wildman–Crippen LogP) is 2.20. The van der Waals surface area contributed by atoms with Gasteiger partial charge in [0.15, 0.2) is 0 Å². The van der Waals surface area contributed by atoms with Gasteiger partial charge in [0.2, 0.25) is 6.41 Å². The topological polar surface area (TPSA) is 45.2 Å². The standard InChI is InChI=1S/C13H19N3O/c1-2-7-14-13-6-5-11(9-15-13)12-4-3-8-16(12)10-17/h5-6,9-10,12H,2-4,7-8H2,1H3,(H,14,15)/t12-/m1/s1. The van der Waals surface area contributed by atoms with E-state index in [1.165, 1.54) is 0 Å². The first kappa shape index (κ1) is 11.9. The zero-order valence-electron chi connectivity index (χ0n) is 10.2. The Kier molecular flexibility index (Phi) is 3.96. The number of hydrogen-bond acceptors (Lipinski definition) is 3. The molecule has 17 heavy (non-hydrogen) atoms. The van der Waals surface area contributed by atoms with E-state index in [1.807, 2.05) is 17.2 Å². The first-order valence-corrected chi connectivity index (χ1v) is 6.26. The van der Waals surface area contributed by atoms with Crippen molar-refractivity contribution >= 4 is 12.2 Å². The van der Waals surface area contributed by atoms with Gasteiger partial charge in [0, 0.05) is 19.3 Å². The minimum absolute atomic E-state index is 0.222. The van der Waals surface area contributed by atoms with Gasteiger partial charge < -0.3 is 10.2 Å². The molecule has 0 radical (unpaired) electrons. The van der Waals surface area contributed by atoms with Gasteiger partial charge in [0.1, 0.15) is 5.82 Å². The van der Waals surface area contributed by atoms with Crippen LogP contribution >= 0.6 is 0 Å². The molecule has 1 atom stereocenters. The highest BCUT2D eigenvalue weighted by Crippen LogP contribution is 2.30. The van der Waals surface area contributed by atoms with E-state index in [-0.39, 0.29) is 6.04 Å². The minimum Gasteiger partial charge on any atom is -0.370 e. The highest BCUT2D eigenvalue weighted by molar-refractivity contribution is 5.49. The van der Waals surface area contributed by atoms with Gasteiger partial charge in [-0.25, -0.2) is 4.98 Å². The van der Waals surface area contributed by atoms with Crippen molar-refractivity contribution in [1.29, 1.82) is 0 Å². The molecule has 0 aromatic carbocycles. The molecule has 0 aliphatic carbocycles. The van der Waals surface area contributed by atoms with E-state index in [1.54, 1.807) is 0 Å². The van der Waals surface area contributed by atoms with Gasteiger partial charge in [-0.15, -0.1) is 0 Å². The summed E-state index contributed by atoms with van der Waals surface area (Å²) in [7, 11) is 0. The van der Waals surface area contributed by atoms with Crippen LogP contribution in [0.2, 0.25) is 0 Å². The van der Waals surface area contributed by atoms with Crippen LogP contribution in [0.15, 0.2) is 18.3 Å². The van der Waals surface area contributed by atoms with Crippen molar-refractivity contribution in [2.75, 3.05) is 18.4 Å². The summed E-state index contributed by atoms with van der Waals surface area (Å²) in [5.74, 6) is 0.909. The number of nitrogens with one attached hydrogen (secondary N) is 1. The quantitative estimate of drug-likeness (QED) is 0.793. The largest absolute Gasteiger partial charge is 0.370 e. The van der Waals surface area contributed by atoms with Crippen LogP contribution in [0, 0.1) is 0 Å². The third-order valence-corrected chi connectivity index (χ3v) is 3.16. The van der Waals surface area contributed by atoms with E-state index in [4.69, 9.17) is 0 Å². The molecule has 2 heterocycles. The Balaban J connectivity index is 2.04. The van der Waals surface area contributed by atoms with E-state index in [0.29, 0.717) is 0 Å². The summed E-state index contributed by atoms with van der Waals surface area (Å²) in [6.07, 6.45) is 6.04. The molecule has 4 heteroatoms. The van der Waals surface area contributed by atoms with Crippen LogP contribution in [-0.2, 0) is 4.79 Å². The summed E-state index contributed by atoms with van der Waals surface area (Å²) < 4.78 is 0. The fourth-order valence-corrected chi connectivity index (χ4v) is 2.23. The number of likely N-dealkylation sites (tertiary alicyclic amines) is 1. The average Bonchev–Trinajstić information content (AvgIpc) is 2.85. The molecule has 1 N–H and O–H groups in total. The van der Waals surface area contributed by atoms with E-state index in [2.05, 4.69) is 23.3 Å². The lowest BCUT2D eigenvalue weighted by Crippen LogP contribution is -2.21. The summed E-state index contributed by atoms with van der Waals surface area (Å²) in [6.45, 7) is 3.93. The van der Waals surface area contributed by atoms with Crippen molar-refractivity contribution in [1.82, 2.24) is 9.88 Å². The van der Waals surface area contributed by atoms with Crippen LogP contribution in [0.1, 0.15) is 37.8 Å². The van der Waals surface area contributed by atoms with Crippen LogP contribution in [0.4, 0.5) is 5.82 Å². The maximum Gasteiger partial charge on any atom is 0.210 e. The summed E-state index contributed by atoms with van der Waals surface area (Å²) in [5.41, 5.74) is 1.14. The summed E-state index contributed by atoms with van der Waals surface area (Å²) in [5, 5.41) is 3.24. The number of pyridine rings is 1. The lowest BCUT2D eigenvalue weighted by atomic mass is 10.1. The molecule has 4 nitrogen and oxygen atoms in total. The van der Waals surface area contributed by atoms with Gasteiger partial charge in [-0.3, -0.25) is 4.79 Å². The number of anilines is 1. The van der Waals surface area contributed by atoms with Crippen LogP contribution < -0.4 is 5.32 Å². The zero-order chi connectivity index (χ0) is 12.1. The Hall–Kier alpha value is -1.58. The molecule has 0 bridgehead atoms. The number of hydrogen-bond donors (Lipinski definition) is 1. The molecular formula is C13H19N3O. The second kappa shape index (κ2) is 5.66. The normalized spacial score (nSPS) is 19.4. The first-order valence-electron chi connectivity index (χ1n) is 6.26. The van der Waals surface area contributed by atoms with E-state index in [0.717, 1.165) is 50.1 Å². The molecule has 92 valence electrons. The van der Waals surface area contributed by atoms with Gasteiger partial charge in [-0.1, -0.05) is 13.0 Å². The maximum atomic E-state index is 10.9. The highest BCUT2D eigenvalue weighted by Gasteiger charge is 2.24. The molecule has 1 saturated heterocycles. The number of amides is 1. The summed E-state index contributed by atoms with van der Waals surface area (Å²) in [6, 6.07) is 4.28. The molecule has 1 aliphatic rings. The van der Waals surface area contributed by atoms with Crippen LogP contribution in [-0.4, -0.2) is 29.4 Å². The Morgan fingerprint density at radius 3 is 3.12 bits per heavy atom. The molecule has 0 spiro atoms. The third kappa shape index (κ3) is 2.75. The van der Waals surface area contributed by atoms with Gasteiger partial charge in [-0.05, 0) is 30.9 Å². The Labute approximate surface area is 102 Å². The van der Waals surface area contributed by atoms with Crippen LogP contribution in [0.3, 0.4) is 0 Å². The SMILES string of the molecule is CCCNc1ccc([C@H]2CCCN2C=O)cn1. The Morgan fingerprint density at radius 2 is 2.47 bits per heavy atom. The van der Waals surface area contributed by atoms with Gasteiger partial charge in [0.05, 0.1) is 6.04 Å². The fraction of sp³-hybridized carbons (Fsp3) is 0.538. The molecule has 0 saturated carbocycles. The molecular weight excluding hydrogens is 214 g/mol. The molecule has 1 amide bonds. The second-order valence-corrected chi connectivity index (χ2v) is 4.40. The zero-order valence-corrected chi connectivity index (χ0v) is 10.2. The minimum atomic E-state index is 0.222. The van der Waals surface area contributed by atoms with Crippen molar-refractivity contribution in [3.8, 4) is 0 Å². The van der Waals surface area contributed by atoms with Crippen LogP contribution in [0.25, 0.3) is 0 Å². The number of aromatic nitrogens is 1. The first-order chi connectivity index (χ1) is 8.35. The Bertz CT molecular complexity index is 363. The monoisotopic (exact) mass is 233 g/mol. The van der Waals surface area contributed by atoms with Gasteiger partial charge >= 0.3 is 0 Å². The maximum absolute atomic E-state index is 10.9. The highest BCUT2D eigenvalue weighted by atomic mass is 16.1. The molecule has 1 aromatic heterocycles. The predicted molar refractivity (Wildman–Crippen MR) is 67.8 cm³/mol. The van der Waals surface area contributed by atoms with E-state index < -0.39 is 0 Å². The second-order valence-electron chi connectivity index (χ2n) is 4.40. The lowest BCUT2D eigenvalue weighted by Gasteiger charge is -2.20. The van der Waals surface area contributed by atoms with Crippen molar-refractivity contribution in [3.05, 3.63) is 23.9 Å². The average molecular weight is 233 g/mol. The van der Waals surface area contributed by atoms with Crippen molar-refractivity contribution in [3.63, 3.8) is 0 Å². The van der Waals surface area contributed by atoms with Crippen molar-refractivity contribution in [2.24, 2.45) is 0 Å². The number of rotatable bonds is 5. The lowest BCUT2D eigenvalue weighted by molar-refractivity contribution is -0.118. The van der Waals surface area contributed by atoms with Gasteiger partial charge in [0.25, 0.3) is 0 Å². The molecule has 1 aliphatic heterocycles. The number of carbonyl (C=O) groups is 1. The van der Waals surface area contributed by atoms with Gasteiger partial charge in [-0.2, -0.15) is 0 Å². The fourth-order valence-electron chi connectivity index (χ4n) is 2.23. The Morgan fingerprint density at radius 1 is 1.59 bits per heavy atom. The van der Waals surface area contributed by atoms with Crippen molar-refractivity contribution in [2.45, 2.75) is 32.2 Å². The van der Waals surface area contributed by atoms with Crippen LogP contribution in [0.5, 0.6) is 0 Å². The van der Waals surface area contributed by atoms with E-state index in [9.17, 15) is 4.79 Å². The summed E-state index contributed by atoms with van der Waals surface area (Å²) >= 11 is 0. The van der Waals surface area contributed by atoms with E-state index >= 15 is 0 Å². The number of carbonyl (C=O) groups excluding carboxylic acids is 1. The van der Waals surface area contributed by atoms with Crippen molar-refractivity contribution < 1.29 is 4.79 Å². The number of nitrogens with zero attached hydrogens (tertiary/aromatic N) is 2. The molecule has 1 fully saturated rings. The summed E-state index contributed by atoms with van der Waals surface area (Å²) in [4.78, 5) is 17.1. The molecule has 0 unspecified atom stereocenters. The smallest absolute Gasteiger partial charge is 0.210 e. The third-order valence-electron chi connectivity index (χ3n) is 3.16.